The van der Waals surface area contributed by atoms with Crippen LogP contribution < -0.4 is 10.6 Å². The first-order valence-electron chi connectivity index (χ1n) is 6.82. The fourth-order valence-electron chi connectivity index (χ4n) is 1.81. The predicted octanol–water partition coefficient (Wildman–Crippen LogP) is 2.42. The Balaban J connectivity index is 0.00000288. The summed E-state index contributed by atoms with van der Waals surface area (Å²) in [4.78, 5) is 7.64. The van der Waals surface area contributed by atoms with E-state index in [-0.39, 0.29) is 24.0 Å². The smallest absolute Gasteiger partial charge is 0.356 e. The molecule has 0 atom stereocenters. The molecule has 2 aromatic rings. The second kappa shape index (κ2) is 9.20. The first kappa shape index (κ1) is 20.7. The normalized spacial score (nSPS) is 12.0. The number of rotatable bonds is 5. The van der Waals surface area contributed by atoms with E-state index < -0.39 is 11.9 Å². The Hall–Kier alpha value is -1.37. The van der Waals surface area contributed by atoms with Crippen molar-refractivity contribution in [2.45, 2.75) is 19.1 Å². The SMILES string of the molecule is CN=C(NCCc1nc(C(F)(F)F)cs1)NCc1cnn(C)c1.I. The van der Waals surface area contributed by atoms with Gasteiger partial charge in [0.2, 0.25) is 0 Å². The molecule has 2 N–H and O–H groups in total. The van der Waals surface area contributed by atoms with Crippen molar-refractivity contribution in [3.63, 3.8) is 0 Å². The third-order valence-corrected chi connectivity index (χ3v) is 3.82. The highest BCUT2D eigenvalue weighted by Gasteiger charge is 2.33. The molecule has 0 aliphatic rings. The minimum Gasteiger partial charge on any atom is -0.356 e. The lowest BCUT2D eigenvalue weighted by molar-refractivity contribution is -0.140. The van der Waals surface area contributed by atoms with Crippen LogP contribution in [-0.2, 0) is 26.2 Å². The summed E-state index contributed by atoms with van der Waals surface area (Å²) in [6.07, 6.45) is -0.360. The van der Waals surface area contributed by atoms with E-state index in [1.807, 2.05) is 13.2 Å². The molecular formula is C13H18F3IN6S. The van der Waals surface area contributed by atoms with Gasteiger partial charge in [0.15, 0.2) is 11.7 Å². The van der Waals surface area contributed by atoms with Gasteiger partial charge in [-0.25, -0.2) is 4.98 Å². The van der Waals surface area contributed by atoms with Gasteiger partial charge in [0, 0.05) is 50.7 Å². The number of thiazole rings is 1. The summed E-state index contributed by atoms with van der Waals surface area (Å²) in [5.74, 6) is 0.571. The number of hydrogen-bond acceptors (Lipinski definition) is 4. The fraction of sp³-hybridized carbons (Fsp3) is 0.462. The van der Waals surface area contributed by atoms with Crippen LogP contribution in [0.2, 0.25) is 0 Å². The van der Waals surface area contributed by atoms with E-state index in [0.29, 0.717) is 30.5 Å². The summed E-state index contributed by atoms with van der Waals surface area (Å²) >= 11 is 1.01. The number of aryl methyl sites for hydroxylation is 1. The molecular weight excluding hydrogens is 456 g/mol. The van der Waals surface area contributed by atoms with Crippen molar-refractivity contribution < 1.29 is 13.2 Å². The van der Waals surface area contributed by atoms with E-state index in [2.05, 4.69) is 25.7 Å². The molecule has 0 bridgehead atoms. The van der Waals surface area contributed by atoms with Gasteiger partial charge in [0.1, 0.15) is 0 Å². The Bertz CT molecular complexity index is 667. The summed E-state index contributed by atoms with van der Waals surface area (Å²) < 4.78 is 39.1. The van der Waals surface area contributed by atoms with Crippen molar-refractivity contribution in [1.29, 1.82) is 0 Å². The Kier molecular flexibility index (Phi) is 7.93. The lowest BCUT2D eigenvalue weighted by atomic mass is 10.3. The van der Waals surface area contributed by atoms with Gasteiger partial charge >= 0.3 is 6.18 Å². The predicted molar refractivity (Wildman–Crippen MR) is 97.6 cm³/mol. The second-order valence-electron chi connectivity index (χ2n) is 4.75. The lowest BCUT2D eigenvalue weighted by Crippen LogP contribution is -2.37. The average molecular weight is 474 g/mol. The first-order chi connectivity index (χ1) is 10.9. The van der Waals surface area contributed by atoms with Gasteiger partial charge in [-0.05, 0) is 0 Å². The molecule has 11 heteroatoms. The van der Waals surface area contributed by atoms with Gasteiger partial charge in [-0.1, -0.05) is 0 Å². The molecule has 0 amide bonds. The van der Waals surface area contributed by atoms with E-state index in [9.17, 15) is 13.2 Å². The first-order valence-corrected chi connectivity index (χ1v) is 7.70. The van der Waals surface area contributed by atoms with Gasteiger partial charge in [0.05, 0.1) is 11.2 Å². The zero-order valence-electron chi connectivity index (χ0n) is 13.1. The minimum absolute atomic E-state index is 0. The van der Waals surface area contributed by atoms with Crippen molar-refractivity contribution >= 4 is 41.3 Å². The van der Waals surface area contributed by atoms with Crippen LogP contribution >= 0.6 is 35.3 Å². The maximum atomic E-state index is 12.5. The van der Waals surface area contributed by atoms with Gasteiger partial charge < -0.3 is 10.6 Å². The number of nitrogens with zero attached hydrogens (tertiary/aromatic N) is 4. The van der Waals surface area contributed by atoms with Crippen molar-refractivity contribution in [2.24, 2.45) is 12.0 Å². The summed E-state index contributed by atoms with van der Waals surface area (Å²) in [6.45, 7) is 1.00. The maximum Gasteiger partial charge on any atom is 0.434 e. The molecule has 0 aliphatic carbocycles. The summed E-state index contributed by atoms with van der Waals surface area (Å²) in [7, 11) is 3.46. The quantitative estimate of drug-likeness (QED) is 0.397. The van der Waals surface area contributed by atoms with Crippen LogP contribution in [0, 0.1) is 0 Å². The Morgan fingerprint density at radius 2 is 2.12 bits per heavy atom. The zero-order chi connectivity index (χ0) is 16.9. The highest BCUT2D eigenvalue weighted by atomic mass is 127. The molecule has 0 unspecified atom stereocenters. The molecule has 134 valence electrons. The largest absolute Gasteiger partial charge is 0.434 e. The standard InChI is InChI=1S/C13H17F3N6S.HI/c1-17-12(19-5-9-6-20-22(2)7-9)18-4-3-11-21-10(8-23-11)13(14,15)16;/h6-8H,3-5H2,1-2H3,(H2,17,18,19);1H. The van der Waals surface area contributed by atoms with Crippen molar-refractivity contribution in [2.75, 3.05) is 13.6 Å². The highest BCUT2D eigenvalue weighted by Crippen LogP contribution is 2.29. The van der Waals surface area contributed by atoms with E-state index in [0.717, 1.165) is 22.3 Å². The van der Waals surface area contributed by atoms with Crippen LogP contribution in [0.3, 0.4) is 0 Å². The summed E-state index contributed by atoms with van der Waals surface area (Å²) in [5.41, 5.74) is 0.168. The molecule has 0 aliphatic heterocycles. The van der Waals surface area contributed by atoms with Crippen LogP contribution in [0.4, 0.5) is 13.2 Å². The van der Waals surface area contributed by atoms with E-state index in [4.69, 9.17) is 0 Å². The third-order valence-electron chi connectivity index (χ3n) is 2.92. The monoisotopic (exact) mass is 474 g/mol. The number of halogens is 4. The molecule has 24 heavy (non-hydrogen) atoms. The van der Waals surface area contributed by atoms with Crippen molar-refractivity contribution in [3.8, 4) is 0 Å². The molecule has 6 nitrogen and oxygen atoms in total. The molecule has 0 spiro atoms. The number of aromatic nitrogens is 3. The molecule has 2 aromatic heterocycles. The molecule has 2 rings (SSSR count). The Labute approximate surface area is 158 Å². The zero-order valence-corrected chi connectivity index (χ0v) is 16.2. The Morgan fingerprint density at radius 3 is 2.67 bits per heavy atom. The number of guanidine groups is 1. The van der Waals surface area contributed by atoms with Gasteiger partial charge in [0.25, 0.3) is 0 Å². The molecule has 0 saturated heterocycles. The number of aliphatic imine (C=N–C) groups is 1. The highest BCUT2D eigenvalue weighted by molar-refractivity contribution is 14.0. The van der Waals surface area contributed by atoms with E-state index in [1.165, 1.54) is 0 Å². The maximum absolute atomic E-state index is 12.5. The van der Waals surface area contributed by atoms with E-state index in [1.54, 1.807) is 17.9 Å². The average Bonchev–Trinajstić information content (AvgIpc) is 3.11. The van der Waals surface area contributed by atoms with Crippen LogP contribution in [0.15, 0.2) is 22.8 Å². The molecule has 2 heterocycles. The van der Waals surface area contributed by atoms with Gasteiger partial charge in [-0.3, -0.25) is 9.67 Å². The van der Waals surface area contributed by atoms with Crippen LogP contribution in [0.1, 0.15) is 16.3 Å². The third kappa shape index (κ3) is 6.26. The van der Waals surface area contributed by atoms with Crippen LogP contribution in [0.5, 0.6) is 0 Å². The molecule has 0 aromatic carbocycles. The number of alkyl halides is 3. The summed E-state index contributed by atoms with van der Waals surface area (Å²) in [6, 6.07) is 0. The number of nitrogens with one attached hydrogen (secondary N) is 2. The fourth-order valence-corrected chi connectivity index (χ4v) is 2.62. The molecule has 0 radical (unpaired) electrons. The van der Waals surface area contributed by atoms with Gasteiger partial charge in [-0.2, -0.15) is 18.3 Å². The lowest BCUT2D eigenvalue weighted by Gasteiger charge is -2.10. The Morgan fingerprint density at radius 1 is 1.38 bits per heavy atom. The van der Waals surface area contributed by atoms with Crippen molar-refractivity contribution in [1.82, 2.24) is 25.4 Å². The van der Waals surface area contributed by atoms with Crippen LogP contribution in [0.25, 0.3) is 0 Å². The minimum atomic E-state index is -4.39. The summed E-state index contributed by atoms with van der Waals surface area (Å²) in [5, 5.41) is 11.7. The van der Waals surface area contributed by atoms with Crippen LogP contribution in [-0.4, -0.2) is 34.3 Å². The number of hydrogen-bond donors (Lipinski definition) is 2. The topological polar surface area (TPSA) is 67.1 Å². The second-order valence-corrected chi connectivity index (χ2v) is 5.69. The molecule has 0 saturated carbocycles. The van der Waals surface area contributed by atoms with E-state index >= 15 is 0 Å². The van der Waals surface area contributed by atoms with Gasteiger partial charge in [-0.15, -0.1) is 35.3 Å². The van der Waals surface area contributed by atoms with Crippen molar-refractivity contribution in [3.05, 3.63) is 34.0 Å². The molecule has 0 fully saturated rings.